The molecule has 0 N–H and O–H groups in total. The Morgan fingerprint density at radius 3 is 1.64 bits per heavy atom. The van der Waals surface area contributed by atoms with Gasteiger partial charge in [-0.1, -0.05) is 123 Å². The summed E-state index contributed by atoms with van der Waals surface area (Å²) >= 11 is 6.62. The van der Waals surface area contributed by atoms with E-state index in [0.29, 0.717) is 5.92 Å². The molecule has 0 amide bonds. The van der Waals surface area contributed by atoms with Crippen LogP contribution in [0.5, 0.6) is 0 Å². The highest BCUT2D eigenvalue weighted by molar-refractivity contribution is 8.24. The quantitative estimate of drug-likeness (QED) is 0.311. The lowest BCUT2D eigenvalue weighted by atomic mass is 9.94. The van der Waals surface area contributed by atoms with Gasteiger partial charge in [0.2, 0.25) is 0 Å². The molecule has 3 aromatic rings. The van der Waals surface area contributed by atoms with E-state index in [9.17, 15) is 0 Å². The highest BCUT2D eigenvalue weighted by atomic mass is 32.4. The van der Waals surface area contributed by atoms with Crippen LogP contribution in [-0.2, 0) is 11.8 Å². The summed E-state index contributed by atoms with van der Waals surface area (Å²) in [6.07, 6.45) is 2.80. The molecule has 0 aliphatic rings. The van der Waals surface area contributed by atoms with Crippen molar-refractivity contribution in [3.8, 4) is 0 Å². The van der Waals surface area contributed by atoms with Crippen molar-refractivity contribution >= 4 is 34.0 Å². The highest BCUT2D eigenvalue weighted by Crippen LogP contribution is 2.57. The fraction of sp³-hybridized carbons (Fsp3) is 0.154. The lowest BCUT2D eigenvalue weighted by Gasteiger charge is -2.30. The fourth-order valence-corrected chi connectivity index (χ4v) is 8.20. The van der Waals surface area contributed by atoms with Gasteiger partial charge in [0.1, 0.15) is 0 Å². The molecule has 3 aromatic carbocycles. The van der Waals surface area contributed by atoms with E-state index in [4.69, 9.17) is 11.8 Å². The van der Waals surface area contributed by atoms with Crippen molar-refractivity contribution in [2.24, 2.45) is 5.92 Å². The maximum Gasteiger partial charge on any atom is 0.0346 e. The van der Waals surface area contributed by atoms with Crippen LogP contribution in [-0.4, -0.2) is 0 Å². The summed E-state index contributed by atoms with van der Waals surface area (Å²) in [7, 11) is 0. The van der Waals surface area contributed by atoms with Gasteiger partial charge in [0.25, 0.3) is 0 Å². The van der Waals surface area contributed by atoms with Gasteiger partial charge >= 0.3 is 0 Å². The first-order valence-electron chi connectivity index (χ1n) is 9.70. The maximum absolute atomic E-state index is 6.62. The van der Waals surface area contributed by atoms with Crippen molar-refractivity contribution in [3.63, 3.8) is 0 Å². The number of benzene rings is 3. The predicted octanol–water partition coefficient (Wildman–Crippen LogP) is 6.76. The van der Waals surface area contributed by atoms with Gasteiger partial charge in [0, 0.05) is 6.04 Å². The molecule has 0 aliphatic heterocycles. The summed E-state index contributed by atoms with van der Waals surface area (Å²) in [5, 5.41) is 3.82. The second-order valence-electron chi connectivity index (χ2n) is 7.15. The van der Waals surface area contributed by atoms with E-state index in [2.05, 4.69) is 111 Å². The van der Waals surface area contributed by atoms with Gasteiger partial charge in [0.15, 0.2) is 0 Å². The van der Waals surface area contributed by atoms with Crippen LogP contribution in [0.3, 0.4) is 0 Å². The second-order valence-corrected chi connectivity index (χ2v) is 11.6. The molecule has 142 valence electrons. The second kappa shape index (κ2) is 9.32. The van der Waals surface area contributed by atoms with E-state index in [1.165, 1.54) is 27.1 Å². The van der Waals surface area contributed by atoms with Crippen LogP contribution in [0, 0.1) is 5.92 Å². The Morgan fingerprint density at radius 2 is 1.25 bits per heavy atom. The minimum atomic E-state index is -2.18. The standard InChI is InChI=1S/C26H27PS/c1-4-14-25(26(21(2)3)22-15-8-5-9-16-22)27(28,23-17-10-6-11-18-23)24-19-12-7-13-20-24/h4-13,15-21H,1,14H2,2-3H3/b26-25+. The summed E-state index contributed by atoms with van der Waals surface area (Å²) in [4.78, 5) is 0. The molecule has 0 saturated carbocycles. The van der Waals surface area contributed by atoms with Crippen LogP contribution in [0.2, 0.25) is 0 Å². The van der Waals surface area contributed by atoms with Gasteiger partial charge in [0.05, 0.1) is 0 Å². The Morgan fingerprint density at radius 1 is 0.821 bits per heavy atom. The Balaban J connectivity index is 2.41. The Hall–Kier alpha value is -2.21. The molecule has 0 aliphatic carbocycles. The molecule has 0 radical (unpaired) electrons. The molecule has 0 bridgehead atoms. The number of hydrogen-bond acceptors (Lipinski definition) is 1. The maximum atomic E-state index is 6.62. The summed E-state index contributed by atoms with van der Waals surface area (Å²) in [5.41, 5.74) is 2.62. The molecule has 3 rings (SSSR count). The molecule has 0 unspecified atom stereocenters. The normalized spacial score (nSPS) is 12.5. The number of hydrogen-bond donors (Lipinski definition) is 0. The first-order valence-corrected chi connectivity index (χ1v) is 12.5. The zero-order valence-corrected chi connectivity index (χ0v) is 18.3. The smallest absolute Gasteiger partial charge is 0.0346 e. The van der Waals surface area contributed by atoms with Gasteiger partial charge < -0.3 is 0 Å². The van der Waals surface area contributed by atoms with E-state index in [1.54, 1.807) is 0 Å². The highest BCUT2D eigenvalue weighted by Gasteiger charge is 2.30. The average Bonchev–Trinajstić information content (AvgIpc) is 2.74. The summed E-state index contributed by atoms with van der Waals surface area (Å²) in [6.45, 7) is 8.60. The Bertz CT molecular complexity index is 943. The first kappa shape index (κ1) is 20.5. The van der Waals surface area contributed by atoms with Crippen LogP contribution in [0.1, 0.15) is 25.8 Å². The van der Waals surface area contributed by atoms with Gasteiger partial charge in [-0.15, -0.1) is 6.58 Å². The molecule has 0 fully saturated rings. The molecule has 0 aromatic heterocycles. The molecule has 0 nitrogen and oxygen atoms in total. The minimum Gasteiger partial charge on any atom is -0.103 e. The zero-order chi connectivity index (χ0) is 20.0. The minimum absolute atomic E-state index is 0.368. The summed E-state index contributed by atoms with van der Waals surface area (Å²) in [5.74, 6) is 0.368. The molecule has 0 spiro atoms. The zero-order valence-electron chi connectivity index (χ0n) is 16.6. The monoisotopic (exact) mass is 402 g/mol. The van der Waals surface area contributed by atoms with Gasteiger partial charge in [-0.3, -0.25) is 0 Å². The predicted molar refractivity (Wildman–Crippen MR) is 129 cm³/mol. The van der Waals surface area contributed by atoms with Crippen molar-refractivity contribution in [2.75, 3.05) is 0 Å². The lowest BCUT2D eigenvalue weighted by molar-refractivity contribution is 0.850. The van der Waals surface area contributed by atoms with Crippen LogP contribution in [0.15, 0.2) is 109 Å². The molecular weight excluding hydrogens is 375 g/mol. The Kier molecular flexibility index (Phi) is 6.83. The van der Waals surface area contributed by atoms with E-state index in [1.807, 2.05) is 6.08 Å². The molecule has 0 saturated heterocycles. The Labute approximate surface area is 174 Å². The fourth-order valence-electron chi connectivity index (χ4n) is 3.73. The molecule has 28 heavy (non-hydrogen) atoms. The van der Waals surface area contributed by atoms with Gasteiger partial charge in [-0.25, -0.2) is 0 Å². The van der Waals surface area contributed by atoms with E-state index < -0.39 is 6.04 Å². The van der Waals surface area contributed by atoms with E-state index >= 15 is 0 Å². The van der Waals surface area contributed by atoms with Crippen molar-refractivity contribution in [1.29, 1.82) is 0 Å². The summed E-state index contributed by atoms with van der Waals surface area (Å²) < 4.78 is 0. The van der Waals surface area contributed by atoms with Crippen LogP contribution >= 0.6 is 6.04 Å². The number of rotatable bonds is 7. The van der Waals surface area contributed by atoms with Gasteiger partial charge in [-0.05, 0) is 39.4 Å². The van der Waals surface area contributed by atoms with Crippen molar-refractivity contribution in [1.82, 2.24) is 0 Å². The van der Waals surface area contributed by atoms with Crippen LogP contribution < -0.4 is 10.6 Å². The third kappa shape index (κ3) is 4.12. The van der Waals surface area contributed by atoms with Crippen molar-refractivity contribution < 1.29 is 0 Å². The summed E-state index contributed by atoms with van der Waals surface area (Å²) in [6, 6.07) is 29.8. The van der Waals surface area contributed by atoms with E-state index in [0.717, 1.165) is 6.42 Å². The van der Waals surface area contributed by atoms with Crippen molar-refractivity contribution in [3.05, 3.63) is 115 Å². The average molecular weight is 403 g/mol. The first-order chi connectivity index (χ1) is 13.6. The van der Waals surface area contributed by atoms with Crippen LogP contribution in [0.25, 0.3) is 5.57 Å². The topological polar surface area (TPSA) is 0 Å². The number of allylic oxidation sites excluding steroid dienone is 3. The SMILES string of the molecule is C=CC/C(=C(\c1ccccc1)C(C)C)P(=S)(c1ccccc1)c1ccccc1. The molecule has 0 heterocycles. The molecule has 2 heteroatoms. The van der Waals surface area contributed by atoms with Gasteiger partial charge in [-0.2, -0.15) is 0 Å². The van der Waals surface area contributed by atoms with E-state index in [-0.39, 0.29) is 0 Å². The van der Waals surface area contributed by atoms with Crippen molar-refractivity contribution in [2.45, 2.75) is 20.3 Å². The lowest BCUT2D eigenvalue weighted by Crippen LogP contribution is -2.18. The molecular formula is C26H27PS. The third-order valence-electron chi connectivity index (χ3n) is 4.93. The largest absolute Gasteiger partial charge is 0.103 e. The molecule has 0 atom stereocenters. The third-order valence-corrected chi connectivity index (χ3v) is 10.1. The van der Waals surface area contributed by atoms with Crippen LogP contribution in [0.4, 0.5) is 0 Å².